The second-order valence-corrected chi connectivity index (χ2v) is 7.73. The molecule has 1 N–H and O–H groups in total. The van der Waals surface area contributed by atoms with Gasteiger partial charge >= 0.3 is 0 Å². The molecule has 0 spiro atoms. The second-order valence-electron chi connectivity index (χ2n) is 7.73. The molecule has 1 aromatic heterocycles. The molecule has 0 saturated carbocycles. The Hall–Kier alpha value is -3.19. The number of carbonyl (C=O) groups is 1. The first-order valence-corrected chi connectivity index (χ1v) is 10.2. The van der Waals surface area contributed by atoms with Gasteiger partial charge in [-0.1, -0.05) is 29.4 Å². The molecule has 1 saturated heterocycles. The number of hydrogen-bond donors (Lipinski definition) is 1. The smallest absolute Gasteiger partial charge is 0.254 e. The molecule has 4 rings (SSSR count). The van der Waals surface area contributed by atoms with E-state index < -0.39 is 0 Å². The summed E-state index contributed by atoms with van der Waals surface area (Å²) < 4.78 is 11.1. The van der Waals surface area contributed by atoms with Crippen molar-refractivity contribution in [2.75, 3.05) is 18.4 Å². The number of nitrogens with one attached hydrogen (secondary N) is 1. The standard InChI is InChI=1S/C23H26N4O3/c1-15-6-4-5-7-20(15)22-25-21(30-26-22)12-24-19-10-8-18(9-11-19)23(28)27-13-16(2)29-17(3)14-27/h4-11,16-17,24H,12-14H2,1-3H3. The molecule has 2 unspecified atom stereocenters. The van der Waals surface area contributed by atoms with E-state index in [0.29, 0.717) is 36.9 Å². The zero-order valence-corrected chi connectivity index (χ0v) is 17.5. The fourth-order valence-electron chi connectivity index (χ4n) is 3.69. The third-order valence-corrected chi connectivity index (χ3v) is 5.14. The van der Waals surface area contributed by atoms with E-state index in [1.54, 1.807) is 0 Å². The highest BCUT2D eigenvalue weighted by Crippen LogP contribution is 2.20. The number of carbonyl (C=O) groups excluding carboxylic acids is 1. The Kier molecular flexibility index (Phi) is 5.81. The lowest BCUT2D eigenvalue weighted by Gasteiger charge is -2.35. The topological polar surface area (TPSA) is 80.5 Å². The molecule has 7 nitrogen and oxygen atoms in total. The van der Waals surface area contributed by atoms with Gasteiger partial charge in [0, 0.05) is 29.9 Å². The van der Waals surface area contributed by atoms with Crippen LogP contribution in [0.5, 0.6) is 0 Å². The third-order valence-electron chi connectivity index (χ3n) is 5.14. The molecule has 1 amide bonds. The number of rotatable bonds is 5. The van der Waals surface area contributed by atoms with Crippen LogP contribution in [0, 0.1) is 6.92 Å². The van der Waals surface area contributed by atoms with Crippen LogP contribution in [0.15, 0.2) is 53.1 Å². The molecule has 7 heteroatoms. The SMILES string of the molecule is Cc1ccccc1-c1noc(CNc2ccc(C(=O)N3CC(C)OC(C)C3)cc2)n1. The minimum atomic E-state index is 0.0309. The maximum Gasteiger partial charge on any atom is 0.254 e. The molecule has 0 bridgehead atoms. The lowest BCUT2D eigenvalue weighted by Crippen LogP contribution is -2.48. The minimum absolute atomic E-state index is 0.0309. The van der Waals surface area contributed by atoms with Crippen molar-refractivity contribution in [1.82, 2.24) is 15.0 Å². The van der Waals surface area contributed by atoms with Gasteiger partial charge in [0.2, 0.25) is 11.7 Å². The van der Waals surface area contributed by atoms with Crippen LogP contribution in [0.3, 0.4) is 0 Å². The van der Waals surface area contributed by atoms with Crippen LogP contribution in [0.2, 0.25) is 0 Å². The largest absolute Gasteiger partial charge is 0.376 e. The average Bonchev–Trinajstić information content (AvgIpc) is 3.20. The number of morpholine rings is 1. The molecule has 2 aromatic carbocycles. The van der Waals surface area contributed by atoms with Crippen LogP contribution in [0.25, 0.3) is 11.4 Å². The summed E-state index contributed by atoms with van der Waals surface area (Å²) in [5, 5.41) is 7.33. The van der Waals surface area contributed by atoms with Gasteiger partial charge in [0.25, 0.3) is 5.91 Å². The first-order valence-electron chi connectivity index (χ1n) is 10.2. The van der Waals surface area contributed by atoms with E-state index in [1.165, 1.54) is 0 Å². The lowest BCUT2D eigenvalue weighted by atomic mass is 10.1. The highest BCUT2D eigenvalue weighted by Gasteiger charge is 2.26. The van der Waals surface area contributed by atoms with Gasteiger partial charge in [0.1, 0.15) is 0 Å². The molecule has 30 heavy (non-hydrogen) atoms. The molecular weight excluding hydrogens is 380 g/mol. The molecular formula is C23H26N4O3. The highest BCUT2D eigenvalue weighted by atomic mass is 16.5. The molecule has 1 aliphatic rings. The Morgan fingerprint density at radius 1 is 1.10 bits per heavy atom. The van der Waals surface area contributed by atoms with Crippen molar-refractivity contribution in [1.29, 1.82) is 0 Å². The summed E-state index contributed by atoms with van der Waals surface area (Å²) in [4.78, 5) is 19.1. The Morgan fingerprint density at radius 2 is 1.80 bits per heavy atom. The summed E-state index contributed by atoms with van der Waals surface area (Å²) in [6.45, 7) is 7.64. The van der Waals surface area contributed by atoms with Crippen LogP contribution in [-0.4, -0.2) is 46.2 Å². The number of nitrogens with zero attached hydrogens (tertiary/aromatic N) is 3. The molecule has 1 fully saturated rings. The van der Waals surface area contributed by atoms with Gasteiger partial charge in [0.15, 0.2) is 0 Å². The van der Waals surface area contributed by atoms with Crippen molar-refractivity contribution in [2.45, 2.75) is 39.5 Å². The molecule has 3 aromatic rings. The van der Waals surface area contributed by atoms with Gasteiger partial charge in [-0.15, -0.1) is 0 Å². The van der Waals surface area contributed by atoms with Gasteiger partial charge in [0.05, 0.1) is 18.8 Å². The fraction of sp³-hybridized carbons (Fsp3) is 0.348. The molecule has 0 aliphatic carbocycles. The Bertz CT molecular complexity index is 1010. The van der Waals surface area contributed by atoms with E-state index in [1.807, 2.05) is 74.2 Å². The Labute approximate surface area is 176 Å². The highest BCUT2D eigenvalue weighted by molar-refractivity contribution is 5.94. The first kappa shape index (κ1) is 20.1. The van der Waals surface area contributed by atoms with E-state index in [-0.39, 0.29) is 18.1 Å². The summed E-state index contributed by atoms with van der Waals surface area (Å²) in [7, 11) is 0. The van der Waals surface area contributed by atoms with Crippen LogP contribution in [0.4, 0.5) is 5.69 Å². The Morgan fingerprint density at radius 3 is 2.50 bits per heavy atom. The van der Waals surface area contributed by atoms with E-state index in [0.717, 1.165) is 16.8 Å². The fourth-order valence-corrected chi connectivity index (χ4v) is 3.69. The van der Waals surface area contributed by atoms with Gasteiger partial charge in [-0.25, -0.2) is 0 Å². The van der Waals surface area contributed by atoms with Crippen molar-refractivity contribution >= 4 is 11.6 Å². The van der Waals surface area contributed by atoms with Crippen LogP contribution in [-0.2, 0) is 11.3 Å². The predicted molar refractivity (Wildman–Crippen MR) is 114 cm³/mol. The number of anilines is 1. The molecule has 156 valence electrons. The predicted octanol–water partition coefficient (Wildman–Crippen LogP) is 3.91. The number of aromatic nitrogens is 2. The first-order chi connectivity index (χ1) is 14.5. The van der Waals surface area contributed by atoms with Crippen molar-refractivity contribution in [3.8, 4) is 11.4 Å². The van der Waals surface area contributed by atoms with Crippen LogP contribution in [0.1, 0.15) is 35.7 Å². The quantitative estimate of drug-likeness (QED) is 0.692. The molecule has 2 heterocycles. The van der Waals surface area contributed by atoms with Crippen LogP contribution < -0.4 is 5.32 Å². The van der Waals surface area contributed by atoms with E-state index in [2.05, 4.69) is 15.5 Å². The minimum Gasteiger partial charge on any atom is -0.376 e. The van der Waals surface area contributed by atoms with E-state index in [9.17, 15) is 4.79 Å². The summed E-state index contributed by atoms with van der Waals surface area (Å²) in [5.74, 6) is 1.12. The van der Waals surface area contributed by atoms with Gasteiger partial charge in [-0.3, -0.25) is 4.79 Å². The number of amides is 1. The monoisotopic (exact) mass is 406 g/mol. The van der Waals surface area contributed by atoms with Crippen molar-refractivity contribution < 1.29 is 14.1 Å². The molecule has 1 aliphatic heterocycles. The number of ether oxygens (including phenoxy) is 1. The van der Waals surface area contributed by atoms with Crippen LogP contribution >= 0.6 is 0 Å². The van der Waals surface area contributed by atoms with E-state index in [4.69, 9.17) is 9.26 Å². The number of benzene rings is 2. The third kappa shape index (κ3) is 4.52. The lowest BCUT2D eigenvalue weighted by molar-refractivity contribution is -0.0586. The summed E-state index contributed by atoms with van der Waals surface area (Å²) in [6.07, 6.45) is 0.107. The average molecular weight is 406 g/mol. The van der Waals surface area contributed by atoms with Gasteiger partial charge < -0.3 is 19.5 Å². The molecule has 2 atom stereocenters. The van der Waals surface area contributed by atoms with Crippen molar-refractivity contribution in [3.63, 3.8) is 0 Å². The van der Waals surface area contributed by atoms with Crippen molar-refractivity contribution in [2.24, 2.45) is 0 Å². The second kappa shape index (κ2) is 8.67. The van der Waals surface area contributed by atoms with Gasteiger partial charge in [-0.2, -0.15) is 4.98 Å². The zero-order chi connectivity index (χ0) is 21.1. The molecule has 0 radical (unpaired) electrons. The summed E-state index contributed by atoms with van der Waals surface area (Å²) in [6, 6.07) is 15.4. The number of hydrogen-bond acceptors (Lipinski definition) is 6. The maximum atomic E-state index is 12.8. The summed E-state index contributed by atoms with van der Waals surface area (Å²) in [5.41, 5.74) is 3.61. The maximum absolute atomic E-state index is 12.8. The van der Waals surface area contributed by atoms with Gasteiger partial charge in [-0.05, 0) is 50.6 Å². The Balaban J connectivity index is 1.36. The van der Waals surface area contributed by atoms with E-state index >= 15 is 0 Å². The van der Waals surface area contributed by atoms with Crippen molar-refractivity contribution in [3.05, 3.63) is 65.5 Å². The number of aryl methyl sites for hydroxylation is 1. The normalized spacial score (nSPS) is 19.0. The zero-order valence-electron chi connectivity index (χ0n) is 17.5. The summed E-state index contributed by atoms with van der Waals surface area (Å²) >= 11 is 0.